The maximum absolute atomic E-state index is 10.7. The molecule has 0 amide bonds. The fourth-order valence-electron chi connectivity index (χ4n) is 1.89. The van der Waals surface area contributed by atoms with Gasteiger partial charge in [0.15, 0.2) is 0 Å². The largest absolute Gasteiger partial charge is 0.478 e. The number of aromatic nitrogens is 1. The molecule has 2 atom stereocenters. The van der Waals surface area contributed by atoms with Crippen LogP contribution in [0.2, 0.25) is 0 Å². The highest BCUT2D eigenvalue weighted by atomic mass is 16.5. The molecule has 1 aromatic rings. The molecule has 0 saturated carbocycles. The van der Waals surface area contributed by atoms with Crippen molar-refractivity contribution in [2.24, 2.45) is 0 Å². The molecule has 0 aromatic carbocycles. The average Bonchev–Trinajstić information content (AvgIpc) is 2.60. The number of hydrogen-bond donors (Lipinski definition) is 2. The normalized spacial score (nSPS) is 28.0. The van der Waals surface area contributed by atoms with Gasteiger partial charge in [0.1, 0.15) is 5.82 Å². The molecule has 2 N–H and O–H groups in total. The summed E-state index contributed by atoms with van der Waals surface area (Å²) < 4.78 is 5.52. The second-order valence-corrected chi connectivity index (χ2v) is 4.54. The minimum absolute atomic E-state index is 0.114. The van der Waals surface area contributed by atoms with Gasteiger partial charge in [-0.05, 0) is 32.4 Å². The minimum Gasteiger partial charge on any atom is -0.478 e. The summed E-state index contributed by atoms with van der Waals surface area (Å²) in [6.07, 6.45) is 2.38. The zero-order valence-electron chi connectivity index (χ0n) is 9.93. The maximum Gasteiger partial charge on any atom is 0.337 e. The number of aromatic carboxylic acids is 1. The Kier molecular flexibility index (Phi) is 3.02. The van der Waals surface area contributed by atoms with Crippen LogP contribution >= 0.6 is 0 Å². The van der Waals surface area contributed by atoms with E-state index in [0.717, 1.165) is 13.0 Å². The minimum atomic E-state index is -0.965. The highest BCUT2D eigenvalue weighted by Crippen LogP contribution is 2.28. The molecule has 17 heavy (non-hydrogen) atoms. The van der Waals surface area contributed by atoms with Gasteiger partial charge < -0.3 is 15.2 Å². The molecule has 0 aliphatic carbocycles. The van der Waals surface area contributed by atoms with Gasteiger partial charge in [-0.1, -0.05) is 0 Å². The van der Waals surface area contributed by atoms with Crippen LogP contribution in [0.1, 0.15) is 30.6 Å². The van der Waals surface area contributed by atoms with Gasteiger partial charge in [-0.3, -0.25) is 0 Å². The van der Waals surface area contributed by atoms with E-state index in [2.05, 4.69) is 17.2 Å². The molecular weight excluding hydrogens is 220 g/mol. The van der Waals surface area contributed by atoms with Gasteiger partial charge in [-0.15, -0.1) is 0 Å². The zero-order valence-corrected chi connectivity index (χ0v) is 9.93. The third kappa shape index (κ3) is 2.39. The van der Waals surface area contributed by atoms with Crippen LogP contribution in [-0.4, -0.2) is 34.3 Å². The smallest absolute Gasteiger partial charge is 0.337 e. The van der Waals surface area contributed by atoms with Crippen LogP contribution in [0, 0.1) is 0 Å². The van der Waals surface area contributed by atoms with Crippen molar-refractivity contribution < 1.29 is 14.6 Å². The lowest BCUT2D eigenvalue weighted by molar-refractivity contribution is 0.0696. The van der Waals surface area contributed by atoms with E-state index in [4.69, 9.17) is 9.84 Å². The first-order valence-electron chi connectivity index (χ1n) is 5.60. The Morgan fingerprint density at radius 2 is 2.41 bits per heavy atom. The number of carbonyl (C=O) groups is 1. The van der Waals surface area contributed by atoms with Crippen molar-refractivity contribution in [3.05, 3.63) is 23.9 Å². The topological polar surface area (TPSA) is 71.5 Å². The highest BCUT2D eigenvalue weighted by molar-refractivity contribution is 5.87. The van der Waals surface area contributed by atoms with Crippen molar-refractivity contribution in [3.8, 4) is 0 Å². The van der Waals surface area contributed by atoms with Crippen LogP contribution in [0.5, 0.6) is 0 Å². The van der Waals surface area contributed by atoms with Crippen molar-refractivity contribution in [1.29, 1.82) is 0 Å². The number of ether oxygens (including phenoxy) is 1. The van der Waals surface area contributed by atoms with E-state index >= 15 is 0 Å². The van der Waals surface area contributed by atoms with E-state index in [9.17, 15) is 4.79 Å². The maximum atomic E-state index is 10.7. The van der Waals surface area contributed by atoms with Crippen molar-refractivity contribution in [3.63, 3.8) is 0 Å². The van der Waals surface area contributed by atoms with E-state index in [-0.39, 0.29) is 17.2 Å². The van der Waals surface area contributed by atoms with E-state index in [1.807, 2.05) is 6.92 Å². The Hall–Kier alpha value is -1.62. The molecular formula is C12H16N2O3. The summed E-state index contributed by atoms with van der Waals surface area (Å²) >= 11 is 0. The molecule has 1 aliphatic rings. The van der Waals surface area contributed by atoms with Crippen LogP contribution in [0.3, 0.4) is 0 Å². The number of pyridine rings is 1. The van der Waals surface area contributed by atoms with Crippen molar-refractivity contribution in [2.45, 2.75) is 31.9 Å². The molecule has 2 unspecified atom stereocenters. The molecule has 5 heteroatoms. The standard InChI is InChI=1S/C12H16N2O3/c1-8-12(2,5-6-17-8)14-10-4-3-9(7-13-10)11(15)16/h3-4,7-8H,5-6H2,1-2H3,(H,13,14)(H,15,16). The lowest BCUT2D eigenvalue weighted by atomic mass is 9.95. The predicted molar refractivity (Wildman–Crippen MR) is 63.3 cm³/mol. The van der Waals surface area contributed by atoms with Gasteiger partial charge in [0.05, 0.1) is 17.2 Å². The predicted octanol–water partition coefficient (Wildman–Crippen LogP) is 1.76. The molecule has 1 fully saturated rings. The van der Waals surface area contributed by atoms with Crippen LogP contribution < -0.4 is 5.32 Å². The fourth-order valence-corrected chi connectivity index (χ4v) is 1.89. The van der Waals surface area contributed by atoms with Gasteiger partial charge >= 0.3 is 5.97 Å². The Morgan fingerprint density at radius 1 is 1.65 bits per heavy atom. The molecule has 0 bridgehead atoms. The van der Waals surface area contributed by atoms with E-state index in [0.29, 0.717) is 5.82 Å². The summed E-state index contributed by atoms with van der Waals surface area (Å²) in [7, 11) is 0. The zero-order chi connectivity index (χ0) is 12.5. The monoisotopic (exact) mass is 236 g/mol. The third-order valence-corrected chi connectivity index (χ3v) is 3.31. The summed E-state index contributed by atoms with van der Waals surface area (Å²) in [5.74, 6) is -0.289. The van der Waals surface area contributed by atoms with Crippen LogP contribution in [0.25, 0.3) is 0 Å². The summed E-state index contributed by atoms with van der Waals surface area (Å²) in [5, 5.41) is 12.1. The molecule has 1 aliphatic heterocycles. The number of hydrogen-bond acceptors (Lipinski definition) is 4. The van der Waals surface area contributed by atoms with E-state index in [1.54, 1.807) is 12.1 Å². The van der Waals surface area contributed by atoms with Crippen molar-refractivity contribution in [2.75, 3.05) is 11.9 Å². The Bertz CT molecular complexity index is 418. The summed E-state index contributed by atoms with van der Waals surface area (Å²) in [6.45, 7) is 4.83. The molecule has 5 nitrogen and oxygen atoms in total. The van der Waals surface area contributed by atoms with Crippen LogP contribution in [0.15, 0.2) is 18.3 Å². The van der Waals surface area contributed by atoms with Gasteiger partial charge in [-0.2, -0.15) is 0 Å². The van der Waals surface area contributed by atoms with Crippen molar-refractivity contribution >= 4 is 11.8 Å². The first-order valence-corrected chi connectivity index (χ1v) is 5.60. The van der Waals surface area contributed by atoms with Gasteiger partial charge in [-0.25, -0.2) is 9.78 Å². The van der Waals surface area contributed by atoms with Crippen LogP contribution in [0.4, 0.5) is 5.82 Å². The Morgan fingerprint density at radius 3 is 2.88 bits per heavy atom. The number of rotatable bonds is 3. The number of nitrogens with zero attached hydrogens (tertiary/aromatic N) is 1. The highest BCUT2D eigenvalue weighted by Gasteiger charge is 2.37. The average molecular weight is 236 g/mol. The first kappa shape index (κ1) is 11.9. The molecule has 1 saturated heterocycles. The molecule has 92 valence electrons. The summed E-state index contributed by atoms with van der Waals surface area (Å²) in [6, 6.07) is 3.22. The van der Waals surface area contributed by atoms with Gasteiger partial charge in [0.25, 0.3) is 0 Å². The Labute approximate surface area is 99.8 Å². The molecule has 0 spiro atoms. The lowest BCUT2D eigenvalue weighted by Gasteiger charge is -2.29. The SMILES string of the molecule is CC1OCCC1(C)Nc1ccc(C(=O)O)cn1. The lowest BCUT2D eigenvalue weighted by Crippen LogP contribution is -2.41. The first-order chi connectivity index (χ1) is 8.01. The number of carboxylic acids is 1. The summed E-state index contributed by atoms with van der Waals surface area (Å²) in [4.78, 5) is 14.8. The quantitative estimate of drug-likeness (QED) is 0.836. The fraction of sp³-hybridized carbons (Fsp3) is 0.500. The Balaban J connectivity index is 2.11. The molecule has 1 aromatic heterocycles. The molecule has 2 rings (SSSR count). The van der Waals surface area contributed by atoms with Crippen molar-refractivity contribution in [1.82, 2.24) is 4.98 Å². The van der Waals surface area contributed by atoms with Crippen LogP contribution in [-0.2, 0) is 4.74 Å². The molecule has 0 radical (unpaired) electrons. The molecule has 2 heterocycles. The van der Waals surface area contributed by atoms with E-state index < -0.39 is 5.97 Å². The van der Waals surface area contributed by atoms with E-state index in [1.165, 1.54) is 6.20 Å². The summed E-state index contributed by atoms with van der Waals surface area (Å²) in [5.41, 5.74) is 0.0500. The second-order valence-electron chi connectivity index (χ2n) is 4.54. The number of nitrogens with one attached hydrogen (secondary N) is 1. The van der Waals surface area contributed by atoms with Gasteiger partial charge in [0.2, 0.25) is 0 Å². The third-order valence-electron chi connectivity index (χ3n) is 3.31. The van der Waals surface area contributed by atoms with Gasteiger partial charge in [0, 0.05) is 12.8 Å². The number of anilines is 1. The second kappa shape index (κ2) is 4.33. The number of carboxylic acid groups (broad SMARTS) is 1.